The van der Waals surface area contributed by atoms with Gasteiger partial charge in [0.2, 0.25) is 5.91 Å². The van der Waals surface area contributed by atoms with E-state index in [0.29, 0.717) is 48.3 Å². The van der Waals surface area contributed by atoms with Gasteiger partial charge >= 0.3 is 0 Å². The summed E-state index contributed by atoms with van der Waals surface area (Å²) in [6.07, 6.45) is 2.75. The molecule has 0 bridgehead atoms. The quantitative estimate of drug-likeness (QED) is 0.887. The summed E-state index contributed by atoms with van der Waals surface area (Å²) in [5, 5.41) is 3.79. The molecule has 2 saturated heterocycles. The summed E-state index contributed by atoms with van der Waals surface area (Å²) >= 11 is 11.9. The highest BCUT2D eigenvalue weighted by molar-refractivity contribution is 6.36. The van der Waals surface area contributed by atoms with Gasteiger partial charge in [-0.1, -0.05) is 23.2 Å². The second-order valence-corrected chi connectivity index (χ2v) is 7.06. The molecule has 2 aliphatic rings. The van der Waals surface area contributed by atoms with Crippen molar-refractivity contribution in [2.75, 3.05) is 25.0 Å². The standard InChI is InChI=1S/C17H20Cl2N2O3/c18-12-3-4-14(13(19)10-12)20-16(22)11-5-7-21(8-6-11)17(23)15-2-1-9-24-15/h3-4,10-11,15H,1-2,5-9H2,(H,20,22). The van der Waals surface area contributed by atoms with E-state index in [-0.39, 0.29) is 23.8 Å². The Labute approximate surface area is 151 Å². The van der Waals surface area contributed by atoms with Crippen molar-refractivity contribution in [2.24, 2.45) is 5.92 Å². The van der Waals surface area contributed by atoms with Gasteiger partial charge in [-0.2, -0.15) is 0 Å². The minimum absolute atomic E-state index is 0.0621. The van der Waals surface area contributed by atoms with E-state index in [2.05, 4.69) is 5.32 Å². The van der Waals surface area contributed by atoms with E-state index in [9.17, 15) is 9.59 Å². The average Bonchev–Trinajstić information content (AvgIpc) is 3.11. The van der Waals surface area contributed by atoms with Crippen LogP contribution < -0.4 is 5.32 Å². The first-order valence-corrected chi connectivity index (χ1v) is 8.96. The van der Waals surface area contributed by atoms with Gasteiger partial charge in [-0.15, -0.1) is 0 Å². The summed E-state index contributed by atoms with van der Waals surface area (Å²) in [7, 11) is 0. The summed E-state index contributed by atoms with van der Waals surface area (Å²) < 4.78 is 5.45. The summed E-state index contributed by atoms with van der Waals surface area (Å²) in [6, 6.07) is 4.98. The van der Waals surface area contributed by atoms with E-state index < -0.39 is 0 Å². The third-order valence-electron chi connectivity index (χ3n) is 4.57. The van der Waals surface area contributed by atoms with Crippen LogP contribution in [0.5, 0.6) is 0 Å². The Hall–Kier alpha value is -1.30. The Balaban J connectivity index is 1.52. The fourth-order valence-corrected chi connectivity index (χ4v) is 3.62. The molecule has 2 fully saturated rings. The second-order valence-electron chi connectivity index (χ2n) is 6.21. The van der Waals surface area contributed by atoms with Crippen LogP contribution in [0.4, 0.5) is 5.69 Å². The van der Waals surface area contributed by atoms with Gasteiger partial charge in [0.1, 0.15) is 6.10 Å². The van der Waals surface area contributed by atoms with Crippen molar-refractivity contribution in [2.45, 2.75) is 31.8 Å². The van der Waals surface area contributed by atoms with Crippen molar-refractivity contribution in [3.63, 3.8) is 0 Å². The predicted octanol–water partition coefficient (Wildman–Crippen LogP) is 3.35. The molecule has 1 aromatic carbocycles. The molecule has 130 valence electrons. The molecule has 2 heterocycles. The summed E-state index contributed by atoms with van der Waals surface area (Å²) in [4.78, 5) is 26.5. The monoisotopic (exact) mass is 370 g/mol. The van der Waals surface area contributed by atoms with Crippen LogP contribution in [0, 0.1) is 5.92 Å². The lowest BCUT2D eigenvalue weighted by molar-refractivity contribution is -0.143. The lowest BCUT2D eigenvalue weighted by Gasteiger charge is -2.32. The molecule has 0 saturated carbocycles. The fourth-order valence-electron chi connectivity index (χ4n) is 3.16. The maximum Gasteiger partial charge on any atom is 0.251 e. The number of rotatable bonds is 3. The largest absolute Gasteiger partial charge is 0.368 e. The van der Waals surface area contributed by atoms with Gasteiger partial charge in [-0.05, 0) is 43.9 Å². The van der Waals surface area contributed by atoms with Gasteiger partial charge in [0.15, 0.2) is 0 Å². The van der Waals surface area contributed by atoms with E-state index >= 15 is 0 Å². The molecule has 7 heteroatoms. The Bertz CT molecular complexity index is 624. The average molecular weight is 371 g/mol. The van der Waals surface area contributed by atoms with Crippen molar-refractivity contribution in [1.82, 2.24) is 4.90 Å². The number of amides is 2. The zero-order valence-electron chi connectivity index (χ0n) is 13.3. The Morgan fingerprint density at radius 2 is 1.92 bits per heavy atom. The molecule has 24 heavy (non-hydrogen) atoms. The molecule has 2 amide bonds. The number of hydrogen-bond donors (Lipinski definition) is 1. The molecule has 0 aliphatic carbocycles. The number of likely N-dealkylation sites (tertiary alicyclic amines) is 1. The Kier molecular flexibility index (Phi) is 5.64. The molecule has 0 aromatic heterocycles. The Morgan fingerprint density at radius 1 is 1.17 bits per heavy atom. The van der Waals surface area contributed by atoms with Gasteiger partial charge in [0.25, 0.3) is 5.91 Å². The van der Waals surface area contributed by atoms with Crippen molar-refractivity contribution in [3.8, 4) is 0 Å². The molecule has 0 spiro atoms. The van der Waals surface area contributed by atoms with Crippen LogP contribution in [-0.4, -0.2) is 42.5 Å². The number of nitrogens with one attached hydrogen (secondary N) is 1. The Morgan fingerprint density at radius 3 is 2.54 bits per heavy atom. The third-order valence-corrected chi connectivity index (χ3v) is 5.12. The molecule has 1 aromatic rings. The summed E-state index contributed by atoms with van der Waals surface area (Å²) in [5.74, 6) is -0.124. The van der Waals surface area contributed by atoms with Crippen molar-refractivity contribution < 1.29 is 14.3 Å². The number of ether oxygens (including phenoxy) is 1. The van der Waals surface area contributed by atoms with Gasteiger partial charge in [-0.25, -0.2) is 0 Å². The van der Waals surface area contributed by atoms with Crippen LogP contribution in [0.1, 0.15) is 25.7 Å². The maximum atomic E-state index is 12.4. The van der Waals surface area contributed by atoms with E-state index in [1.165, 1.54) is 0 Å². The van der Waals surface area contributed by atoms with Crippen molar-refractivity contribution in [3.05, 3.63) is 28.2 Å². The summed E-state index contributed by atoms with van der Waals surface area (Å²) in [6.45, 7) is 1.84. The summed E-state index contributed by atoms with van der Waals surface area (Å²) in [5.41, 5.74) is 0.559. The number of piperidine rings is 1. The molecule has 5 nitrogen and oxygen atoms in total. The molecule has 0 radical (unpaired) electrons. The molecule has 2 aliphatic heterocycles. The lowest BCUT2D eigenvalue weighted by atomic mass is 9.95. The van der Waals surface area contributed by atoms with Gasteiger partial charge in [-0.3, -0.25) is 9.59 Å². The van der Waals surface area contributed by atoms with Crippen LogP contribution in [0.3, 0.4) is 0 Å². The first-order chi connectivity index (χ1) is 11.5. The highest BCUT2D eigenvalue weighted by atomic mass is 35.5. The van der Waals surface area contributed by atoms with Crippen LogP contribution in [-0.2, 0) is 14.3 Å². The molecule has 1 atom stereocenters. The topological polar surface area (TPSA) is 58.6 Å². The minimum Gasteiger partial charge on any atom is -0.368 e. The molecule has 1 N–H and O–H groups in total. The number of carbonyl (C=O) groups is 2. The van der Waals surface area contributed by atoms with Crippen LogP contribution >= 0.6 is 23.2 Å². The SMILES string of the molecule is O=C(Nc1ccc(Cl)cc1Cl)C1CCN(C(=O)C2CCCO2)CC1. The highest BCUT2D eigenvalue weighted by Gasteiger charge is 2.32. The van der Waals surface area contributed by atoms with E-state index in [0.717, 1.165) is 12.8 Å². The fraction of sp³-hybridized carbons (Fsp3) is 0.529. The van der Waals surface area contributed by atoms with Gasteiger partial charge in [0, 0.05) is 30.6 Å². The van der Waals surface area contributed by atoms with E-state index in [1.807, 2.05) is 4.90 Å². The number of nitrogens with zero attached hydrogens (tertiary/aromatic N) is 1. The van der Waals surface area contributed by atoms with E-state index in [4.69, 9.17) is 27.9 Å². The van der Waals surface area contributed by atoms with E-state index in [1.54, 1.807) is 18.2 Å². The zero-order chi connectivity index (χ0) is 17.1. The van der Waals surface area contributed by atoms with Crippen LogP contribution in [0.2, 0.25) is 10.0 Å². The smallest absolute Gasteiger partial charge is 0.251 e. The van der Waals surface area contributed by atoms with Crippen LogP contribution in [0.25, 0.3) is 0 Å². The highest BCUT2D eigenvalue weighted by Crippen LogP contribution is 2.27. The second kappa shape index (κ2) is 7.72. The minimum atomic E-state index is -0.289. The first-order valence-electron chi connectivity index (χ1n) is 8.21. The number of anilines is 1. The number of carbonyl (C=O) groups excluding carboxylic acids is 2. The molecule has 3 rings (SSSR count). The maximum absolute atomic E-state index is 12.4. The normalized spacial score (nSPS) is 21.8. The lowest BCUT2D eigenvalue weighted by Crippen LogP contribution is -2.45. The zero-order valence-corrected chi connectivity index (χ0v) is 14.8. The predicted molar refractivity (Wildman–Crippen MR) is 93.4 cm³/mol. The van der Waals surface area contributed by atoms with Crippen molar-refractivity contribution >= 4 is 40.7 Å². The van der Waals surface area contributed by atoms with Crippen LogP contribution in [0.15, 0.2) is 18.2 Å². The van der Waals surface area contributed by atoms with Gasteiger partial charge in [0.05, 0.1) is 10.7 Å². The number of halogens is 2. The van der Waals surface area contributed by atoms with Gasteiger partial charge < -0.3 is 15.0 Å². The van der Waals surface area contributed by atoms with Crippen molar-refractivity contribution in [1.29, 1.82) is 0 Å². The number of benzene rings is 1. The molecular weight excluding hydrogens is 351 g/mol. The molecular formula is C17H20Cl2N2O3. The number of hydrogen-bond acceptors (Lipinski definition) is 3. The first kappa shape index (κ1) is 17.5. The third kappa shape index (κ3) is 4.02. The molecule has 1 unspecified atom stereocenters.